The Labute approximate surface area is 184 Å². The first-order chi connectivity index (χ1) is 13.2. The van der Waals surface area contributed by atoms with Crippen molar-refractivity contribution in [3.63, 3.8) is 0 Å². The molecule has 0 spiro atoms. The lowest BCUT2D eigenvalue weighted by molar-refractivity contribution is -0.134. The molecule has 2 aliphatic rings. The second-order valence-electron chi connectivity index (χ2n) is 7.30. The summed E-state index contributed by atoms with van der Waals surface area (Å²) in [5.41, 5.74) is 1.03. The molecule has 28 heavy (non-hydrogen) atoms. The van der Waals surface area contributed by atoms with Crippen LogP contribution < -0.4 is 15.4 Å². The standard InChI is InChI=1S/C20H31N5O2.HI/c1-3-21-20(23-13-15-8-9-18(27-2)22-12-15)24-17-10-11-25(14-17)19(26)16-6-4-5-7-16;/h8-9,12,16-17H,3-7,10-11,13-14H2,1-2H3,(H2,21,23,24);1H. The van der Waals surface area contributed by atoms with Crippen LogP contribution in [0, 0.1) is 5.92 Å². The molecule has 1 aromatic heterocycles. The molecule has 0 aromatic carbocycles. The van der Waals surface area contributed by atoms with Crippen molar-refractivity contribution in [1.82, 2.24) is 20.5 Å². The number of aromatic nitrogens is 1. The number of guanidine groups is 1. The van der Waals surface area contributed by atoms with Crippen molar-refractivity contribution in [3.05, 3.63) is 23.9 Å². The van der Waals surface area contributed by atoms with E-state index in [1.54, 1.807) is 13.3 Å². The number of carbonyl (C=O) groups excluding carboxylic acids is 1. The van der Waals surface area contributed by atoms with Gasteiger partial charge in [0.05, 0.1) is 13.7 Å². The van der Waals surface area contributed by atoms with E-state index in [0.29, 0.717) is 18.3 Å². The van der Waals surface area contributed by atoms with Crippen molar-refractivity contribution in [2.24, 2.45) is 10.9 Å². The molecule has 8 heteroatoms. The monoisotopic (exact) mass is 501 g/mol. The lowest BCUT2D eigenvalue weighted by Crippen LogP contribution is -2.45. The molecule has 0 radical (unpaired) electrons. The van der Waals surface area contributed by atoms with Crippen molar-refractivity contribution >= 4 is 35.8 Å². The fourth-order valence-electron chi connectivity index (χ4n) is 3.82. The fourth-order valence-corrected chi connectivity index (χ4v) is 3.82. The lowest BCUT2D eigenvalue weighted by atomic mass is 10.1. The van der Waals surface area contributed by atoms with Crippen LogP contribution in [0.4, 0.5) is 0 Å². The highest BCUT2D eigenvalue weighted by atomic mass is 127. The Kier molecular flexibility index (Phi) is 9.27. The smallest absolute Gasteiger partial charge is 0.225 e. The van der Waals surface area contributed by atoms with Crippen LogP contribution in [0.1, 0.15) is 44.6 Å². The van der Waals surface area contributed by atoms with Crippen LogP contribution in [0.25, 0.3) is 0 Å². The number of aliphatic imine (C=N–C) groups is 1. The second-order valence-corrected chi connectivity index (χ2v) is 7.30. The normalized spacial score (nSPS) is 20.0. The number of pyridine rings is 1. The number of nitrogens with zero attached hydrogens (tertiary/aromatic N) is 3. The highest BCUT2D eigenvalue weighted by Crippen LogP contribution is 2.27. The van der Waals surface area contributed by atoms with Crippen LogP contribution >= 0.6 is 24.0 Å². The first-order valence-electron chi connectivity index (χ1n) is 10.0. The van der Waals surface area contributed by atoms with Crippen LogP contribution in [0.5, 0.6) is 5.88 Å². The molecule has 1 aliphatic heterocycles. The van der Waals surface area contributed by atoms with Gasteiger partial charge in [-0.2, -0.15) is 0 Å². The Morgan fingerprint density at radius 1 is 1.32 bits per heavy atom. The van der Waals surface area contributed by atoms with Crippen molar-refractivity contribution in [3.8, 4) is 5.88 Å². The van der Waals surface area contributed by atoms with Gasteiger partial charge < -0.3 is 20.3 Å². The summed E-state index contributed by atoms with van der Waals surface area (Å²) in [6.45, 7) is 5.00. The van der Waals surface area contributed by atoms with Crippen LogP contribution in [-0.4, -0.2) is 54.5 Å². The Morgan fingerprint density at radius 3 is 2.75 bits per heavy atom. The van der Waals surface area contributed by atoms with E-state index in [1.165, 1.54) is 12.8 Å². The summed E-state index contributed by atoms with van der Waals surface area (Å²) in [5, 5.41) is 6.78. The number of methoxy groups -OCH3 is 1. The maximum absolute atomic E-state index is 12.6. The largest absolute Gasteiger partial charge is 0.481 e. The van der Waals surface area contributed by atoms with Gasteiger partial charge in [0, 0.05) is 43.9 Å². The second kappa shape index (κ2) is 11.4. The summed E-state index contributed by atoms with van der Waals surface area (Å²) in [6.07, 6.45) is 7.27. The van der Waals surface area contributed by atoms with E-state index in [2.05, 4.69) is 27.5 Å². The first-order valence-corrected chi connectivity index (χ1v) is 10.0. The number of halogens is 1. The van der Waals surface area contributed by atoms with E-state index in [-0.39, 0.29) is 35.9 Å². The highest BCUT2D eigenvalue weighted by Gasteiger charge is 2.32. The SMILES string of the molecule is CCNC(=NCc1ccc(OC)nc1)NC1CCN(C(=O)C2CCCC2)C1.I. The van der Waals surface area contributed by atoms with E-state index in [9.17, 15) is 4.79 Å². The summed E-state index contributed by atoms with van der Waals surface area (Å²) in [5.74, 6) is 2.00. The maximum Gasteiger partial charge on any atom is 0.225 e. The zero-order valence-corrected chi connectivity index (χ0v) is 19.1. The number of hydrogen-bond donors (Lipinski definition) is 2. The van der Waals surface area contributed by atoms with Crippen molar-refractivity contribution in [2.75, 3.05) is 26.7 Å². The number of likely N-dealkylation sites (tertiary alicyclic amines) is 1. The van der Waals surface area contributed by atoms with Crippen molar-refractivity contribution < 1.29 is 9.53 Å². The topological polar surface area (TPSA) is 78.9 Å². The van der Waals surface area contributed by atoms with Gasteiger partial charge in [-0.15, -0.1) is 24.0 Å². The van der Waals surface area contributed by atoms with Gasteiger partial charge in [0.15, 0.2) is 5.96 Å². The van der Waals surface area contributed by atoms with Gasteiger partial charge in [-0.05, 0) is 31.7 Å². The minimum Gasteiger partial charge on any atom is -0.481 e. The number of hydrogen-bond acceptors (Lipinski definition) is 4. The predicted molar refractivity (Wildman–Crippen MR) is 121 cm³/mol. The predicted octanol–water partition coefficient (Wildman–Crippen LogP) is 2.55. The summed E-state index contributed by atoms with van der Waals surface area (Å²) in [6, 6.07) is 4.06. The van der Waals surface area contributed by atoms with Crippen LogP contribution in [-0.2, 0) is 11.3 Å². The summed E-state index contributed by atoms with van der Waals surface area (Å²) < 4.78 is 5.08. The zero-order valence-electron chi connectivity index (χ0n) is 16.8. The molecular weight excluding hydrogens is 469 g/mol. The molecule has 0 bridgehead atoms. The number of ether oxygens (including phenoxy) is 1. The molecule has 2 heterocycles. The fraction of sp³-hybridized carbons (Fsp3) is 0.650. The summed E-state index contributed by atoms with van der Waals surface area (Å²) >= 11 is 0. The van der Waals surface area contributed by atoms with Gasteiger partial charge in [-0.25, -0.2) is 9.98 Å². The Morgan fingerprint density at radius 2 is 2.11 bits per heavy atom. The van der Waals surface area contributed by atoms with E-state index in [0.717, 1.165) is 50.4 Å². The third-order valence-corrected chi connectivity index (χ3v) is 5.32. The van der Waals surface area contributed by atoms with E-state index in [1.807, 2.05) is 17.0 Å². The number of nitrogens with one attached hydrogen (secondary N) is 2. The van der Waals surface area contributed by atoms with Crippen molar-refractivity contribution in [1.29, 1.82) is 0 Å². The molecule has 3 rings (SSSR count). The molecule has 2 N–H and O–H groups in total. The molecule has 2 fully saturated rings. The third-order valence-electron chi connectivity index (χ3n) is 5.32. The van der Waals surface area contributed by atoms with E-state index in [4.69, 9.17) is 4.74 Å². The average molecular weight is 501 g/mol. The van der Waals surface area contributed by atoms with Crippen LogP contribution in [0.2, 0.25) is 0 Å². The number of carbonyl (C=O) groups is 1. The highest BCUT2D eigenvalue weighted by molar-refractivity contribution is 14.0. The van der Waals surface area contributed by atoms with E-state index < -0.39 is 0 Å². The van der Waals surface area contributed by atoms with Gasteiger partial charge in [0.25, 0.3) is 0 Å². The Hall–Kier alpha value is -1.58. The molecule has 1 aliphatic carbocycles. The van der Waals surface area contributed by atoms with Crippen LogP contribution in [0.15, 0.2) is 23.3 Å². The minimum atomic E-state index is 0. The van der Waals surface area contributed by atoms with Crippen molar-refractivity contribution in [2.45, 2.75) is 51.6 Å². The average Bonchev–Trinajstić information content (AvgIpc) is 3.38. The van der Waals surface area contributed by atoms with Crippen LogP contribution in [0.3, 0.4) is 0 Å². The van der Waals surface area contributed by atoms with Gasteiger partial charge in [0.1, 0.15) is 0 Å². The van der Waals surface area contributed by atoms with Gasteiger partial charge in [-0.1, -0.05) is 18.9 Å². The number of amides is 1. The Balaban J connectivity index is 0.00000280. The Bertz CT molecular complexity index is 647. The summed E-state index contributed by atoms with van der Waals surface area (Å²) in [7, 11) is 1.61. The molecular formula is C20H32IN5O2. The molecule has 1 aromatic rings. The van der Waals surface area contributed by atoms with Gasteiger partial charge in [-0.3, -0.25) is 4.79 Å². The van der Waals surface area contributed by atoms with E-state index >= 15 is 0 Å². The zero-order chi connectivity index (χ0) is 19.1. The maximum atomic E-state index is 12.6. The minimum absolute atomic E-state index is 0. The van der Waals surface area contributed by atoms with Gasteiger partial charge >= 0.3 is 0 Å². The molecule has 1 atom stereocenters. The molecule has 7 nitrogen and oxygen atoms in total. The molecule has 156 valence electrons. The molecule has 1 unspecified atom stereocenters. The molecule has 1 saturated heterocycles. The molecule has 1 amide bonds. The first kappa shape index (κ1) is 22.7. The third kappa shape index (κ3) is 6.22. The molecule has 1 saturated carbocycles. The summed E-state index contributed by atoms with van der Waals surface area (Å²) in [4.78, 5) is 23.5. The lowest BCUT2D eigenvalue weighted by Gasteiger charge is -2.21. The number of rotatable bonds is 6. The quantitative estimate of drug-likeness (QED) is 0.356. The van der Waals surface area contributed by atoms with Gasteiger partial charge in [0.2, 0.25) is 11.8 Å².